The highest BCUT2D eigenvalue weighted by Crippen LogP contribution is 2.49. The SMILES string of the molecule is COc1ccc2[nH]c(=O)c(C#N)c(N3CCC4(CCC4)CC3)c2c1. The van der Waals surface area contributed by atoms with E-state index in [4.69, 9.17) is 4.74 Å². The first-order valence-electron chi connectivity index (χ1n) is 8.55. The highest BCUT2D eigenvalue weighted by molar-refractivity contribution is 5.95. The van der Waals surface area contributed by atoms with E-state index in [0.717, 1.165) is 48.3 Å². The van der Waals surface area contributed by atoms with Crippen LogP contribution in [0.15, 0.2) is 23.0 Å². The second kappa shape index (κ2) is 5.55. The first-order chi connectivity index (χ1) is 11.7. The number of hydrogen-bond acceptors (Lipinski definition) is 4. The fraction of sp³-hybridized carbons (Fsp3) is 0.474. The van der Waals surface area contributed by atoms with E-state index in [1.165, 1.54) is 19.3 Å². The summed E-state index contributed by atoms with van der Waals surface area (Å²) in [4.78, 5) is 17.4. The lowest BCUT2D eigenvalue weighted by molar-refractivity contribution is 0.0956. The van der Waals surface area contributed by atoms with Crippen LogP contribution in [0.1, 0.15) is 37.7 Å². The van der Waals surface area contributed by atoms with Crippen molar-refractivity contribution in [3.05, 3.63) is 34.1 Å². The van der Waals surface area contributed by atoms with Gasteiger partial charge in [-0.05, 0) is 49.3 Å². The van der Waals surface area contributed by atoms with Gasteiger partial charge in [0.1, 0.15) is 17.4 Å². The second-order valence-corrected chi connectivity index (χ2v) is 7.04. The molecule has 0 radical (unpaired) electrons. The van der Waals surface area contributed by atoms with Gasteiger partial charge in [-0.1, -0.05) is 6.42 Å². The predicted molar refractivity (Wildman–Crippen MR) is 93.6 cm³/mol. The van der Waals surface area contributed by atoms with Gasteiger partial charge in [0.25, 0.3) is 5.56 Å². The molecule has 0 bridgehead atoms. The molecule has 1 aliphatic heterocycles. The summed E-state index contributed by atoms with van der Waals surface area (Å²) >= 11 is 0. The fourth-order valence-electron chi connectivity index (χ4n) is 4.20. The Morgan fingerprint density at radius 3 is 2.58 bits per heavy atom. The van der Waals surface area contributed by atoms with Gasteiger partial charge >= 0.3 is 0 Å². The van der Waals surface area contributed by atoms with Gasteiger partial charge in [0, 0.05) is 18.5 Å². The van der Waals surface area contributed by atoms with Crippen LogP contribution in [0.5, 0.6) is 5.75 Å². The average Bonchev–Trinajstić information content (AvgIpc) is 2.59. The van der Waals surface area contributed by atoms with Gasteiger partial charge in [0.2, 0.25) is 0 Å². The first kappa shape index (κ1) is 15.1. The van der Waals surface area contributed by atoms with Gasteiger partial charge in [-0.15, -0.1) is 0 Å². The Labute approximate surface area is 140 Å². The number of H-pyrrole nitrogens is 1. The van der Waals surface area contributed by atoms with E-state index >= 15 is 0 Å². The summed E-state index contributed by atoms with van der Waals surface area (Å²) in [6.07, 6.45) is 6.30. The summed E-state index contributed by atoms with van der Waals surface area (Å²) in [6.45, 7) is 1.81. The number of rotatable bonds is 2. The largest absolute Gasteiger partial charge is 0.497 e. The van der Waals surface area contributed by atoms with Crippen LogP contribution in [0, 0.1) is 16.7 Å². The molecule has 5 heteroatoms. The first-order valence-corrected chi connectivity index (χ1v) is 8.55. The van der Waals surface area contributed by atoms with E-state index in [0.29, 0.717) is 5.41 Å². The molecule has 1 aliphatic carbocycles. The van der Waals surface area contributed by atoms with Crippen molar-refractivity contribution in [2.24, 2.45) is 5.41 Å². The number of nitriles is 1. The third-order valence-electron chi connectivity index (χ3n) is 5.86. The molecule has 4 rings (SSSR count). The van der Waals surface area contributed by atoms with Crippen molar-refractivity contribution in [1.82, 2.24) is 4.98 Å². The van der Waals surface area contributed by atoms with Gasteiger partial charge in [0.15, 0.2) is 0 Å². The van der Waals surface area contributed by atoms with Crippen LogP contribution >= 0.6 is 0 Å². The number of benzene rings is 1. The molecular weight excluding hydrogens is 302 g/mol. The highest BCUT2D eigenvalue weighted by atomic mass is 16.5. The van der Waals surface area contributed by atoms with Crippen molar-refractivity contribution in [2.45, 2.75) is 32.1 Å². The number of nitrogens with zero attached hydrogens (tertiary/aromatic N) is 2. The molecule has 1 N–H and O–H groups in total. The molecule has 2 aromatic rings. The number of hydrogen-bond donors (Lipinski definition) is 1. The Bertz CT molecular complexity index is 880. The molecule has 1 saturated heterocycles. The van der Waals surface area contributed by atoms with Crippen molar-refractivity contribution < 1.29 is 4.74 Å². The molecule has 124 valence electrons. The Kier molecular flexibility index (Phi) is 3.49. The van der Waals surface area contributed by atoms with Crippen LogP contribution in [0.2, 0.25) is 0 Å². The Morgan fingerprint density at radius 2 is 2.00 bits per heavy atom. The number of pyridine rings is 1. The van der Waals surface area contributed by atoms with Crippen molar-refractivity contribution in [1.29, 1.82) is 5.26 Å². The minimum absolute atomic E-state index is 0.209. The molecule has 24 heavy (non-hydrogen) atoms. The number of aromatic amines is 1. The van der Waals surface area contributed by atoms with Crippen LogP contribution < -0.4 is 15.2 Å². The maximum absolute atomic E-state index is 12.3. The van der Waals surface area contributed by atoms with E-state index in [1.807, 2.05) is 18.2 Å². The highest BCUT2D eigenvalue weighted by Gasteiger charge is 2.40. The fourth-order valence-corrected chi connectivity index (χ4v) is 4.20. The molecule has 2 aliphatic rings. The van der Waals surface area contributed by atoms with Crippen LogP contribution in [0.4, 0.5) is 5.69 Å². The molecule has 5 nitrogen and oxygen atoms in total. The number of aromatic nitrogens is 1. The molecule has 1 aromatic carbocycles. The Morgan fingerprint density at radius 1 is 1.25 bits per heavy atom. The molecule has 0 amide bonds. The summed E-state index contributed by atoms with van der Waals surface area (Å²) < 4.78 is 5.33. The minimum Gasteiger partial charge on any atom is -0.497 e. The van der Waals surface area contributed by atoms with Crippen LogP contribution in [0.3, 0.4) is 0 Å². The molecule has 1 spiro atoms. The van der Waals surface area contributed by atoms with Gasteiger partial charge in [-0.2, -0.15) is 5.26 Å². The van der Waals surface area contributed by atoms with Gasteiger partial charge in [-0.3, -0.25) is 4.79 Å². The van der Waals surface area contributed by atoms with Crippen molar-refractivity contribution in [2.75, 3.05) is 25.1 Å². The smallest absolute Gasteiger partial charge is 0.268 e. The lowest BCUT2D eigenvalue weighted by Gasteiger charge is -2.48. The standard InChI is InChI=1S/C19H21N3O2/c1-24-13-3-4-16-14(11-13)17(15(12-20)18(23)21-16)22-9-7-19(8-10-22)5-2-6-19/h3-4,11H,2,5-10H2,1H3,(H,21,23). The maximum atomic E-state index is 12.3. The maximum Gasteiger partial charge on any atom is 0.268 e. The minimum atomic E-state index is -0.311. The summed E-state index contributed by atoms with van der Waals surface area (Å²) in [7, 11) is 1.62. The third kappa shape index (κ3) is 2.25. The Balaban J connectivity index is 1.83. The number of methoxy groups -OCH3 is 1. The van der Waals surface area contributed by atoms with Crippen molar-refractivity contribution in [3.8, 4) is 11.8 Å². The van der Waals surface area contributed by atoms with Crippen LogP contribution in [-0.2, 0) is 0 Å². The normalized spacial score (nSPS) is 19.1. The van der Waals surface area contributed by atoms with E-state index in [2.05, 4.69) is 16.0 Å². The summed E-state index contributed by atoms with van der Waals surface area (Å²) in [5, 5.41) is 10.4. The van der Waals surface area contributed by atoms with Crippen molar-refractivity contribution >= 4 is 16.6 Å². The molecule has 0 atom stereocenters. The zero-order chi connectivity index (χ0) is 16.7. The Hall–Kier alpha value is -2.48. The van der Waals surface area contributed by atoms with Crippen LogP contribution in [0.25, 0.3) is 10.9 Å². The third-order valence-corrected chi connectivity index (χ3v) is 5.86. The topological polar surface area (TPSA) is 69.1 Å². The number of ether oxygens (including phenoxy) is 1. The molecular formula is C19H21N3O2. The van der Waals surface area contributed by atoms with E-state index in [-0.39, 0.29) is 11.1 Å². The molecule has 1 aromatic heterocycles. The van der Waals surface area contributed by atoms with Gasteiger partial charge in [0.05, 0.1) is 18.3 Å². The monoisotopic (exact) mass is 323 g/mol. The quantitative estimate of drug-likeness (QED) is 0.921. The van der Waals surface area contributed by atoms with E-state index < -0.39 is 0 Å². The zero-order valence-electron chi connectivity index (χ0n) is 13.9. The summed E-state index contributed by atoms with van der Waals surface area (Å²) in [5.74, 6) is 0.729. The average molecular weight is 323 g/mol. The van der Waals surface area contributed by atoms with Crippen LogP contribution in [-0.4, -0.2) is 25.2 Å². The number of fused-ring (bicyclic) bond motifs is 1. The van der Waals surface area contributed by atoms with Gasteiger partial charge < -0.3 is 14.6 Å². The molecule has 1 saturated carbocycles. The van der Waals surface area contributed by atoms with E-state index in [1.54, 1.807) is 7.11 Å². The lowest BCUT2D eigenvalue weighted by atomic mass is 9.63. The lowest BCUT2D eigenvalue weighted by Crippen LogP contribution is -2.44. The molecule has 2 fully saturated rings. The van der Waals surface area contributed by atoms with Gasteiger partial charge in [-0.25, -0.2) is 0 Å². The summed E-state index contributed by atoms with van der Waals surface area (Å²) in [5.41, 5.74) is 1.94. The van der Waals surface area contributed by atoms with E-state index in [9.17, 15) is 10.1 Å². The number of piperidine rings is 1. The number of nitrogens with one attached hydrogen (secondary N) is 1. The van der Waals surface area contributed by atoms with Crippen molar-refractivity contribution in [3.63, 3.8) is 0 Å². The predicted octanol–water partition coefficient (Wildman–Crippen LogP) is 3.18. The zero-order valence-corrected chi connectivity index (χ0v) is 13.9. The number of anilines is 1. The summed E-state index contributed by atoms with van der Waals surface area (Å²) in [6, 6.07) is 7.70. The molecule has 0 unspecified atom stereocenters. The second-order valence-electron chi connectivity index (χ2n) is 7.04. The molecule has 2 heterocycles.